The number of hydrogen-bond acceptors (Lipinski definition) is 6. The molecule has 1 saturated heterocycles. The molecule has 0 spiro atoms. The van der Waals surface area contributed by atoms with Gasteiger partial charge in [-0.15, -0.1) is 0 Å². The van der Waals surface area contributed by atoms with Crippen molar-refractivity contribution < 1.29 is 27.1 Å². The van der Waals surface area contributed by atoms with E-state index in [1.54, 1.807) is 30.6 Å². The predicted molar refractivity (Wildman–Crippen MR) is 128 cm³/mol. The molecular weight excluding hydrogens is 473 g/mol. The van der Waals surface area contributed by atoms with Crippen molar-refractivity contribution >= 4 is 21.6 Å². The van der Waals surface area contributed by atoms with E-state index in [1.807, 2.05) is 12.1 Å². The Kier molecular flexibility index (Phi) is 7.62. The van der Waals surface area contributed by atoms with Gasteiger partial charge in [-0.05, 0) is 43.2 Å². The number of ether oxygens (including phenoxy) is 2. The number of rotatable bonds is 8. The van der Waals surface area contributed by atoms with Gasteiger partial charge in [0.1, 0.15) is 17.3 Å². The van der Waals surface area contributed by atoms with Crippen LogP contribution in [-0.4, -0.2) is 43.8 Å². The van der Waals surface area contributed by atoms with E-state index in [1.165, 1.54) is 29.6 Å². The molecule has 2 heterocycles. The van der Waals surface area contributed by atoms with Gasteiger partial charge in [0.05, 0.1) is 7.11 Å². The summed E-state index contributed by atoms with van der Waals surface area (Å²) in [5.41, 5.74) is 1.43. The number of halogens is 1. The van der Waals surface area contributed by atoms with Gasteiger partial charge in [-0.25, -0.2) is 12.8 Å². The van der Waals surface area contributed by atoms with Crippen LogP contribution in [0.2, 0.25) is 0 Å². The molecular formula is C25H26FN3O5S. The first-order valence-electron chi connectivity index (χ1n) is 11.1. The smallest absolute Gasteiger partial charge is 0.245 e. The van der Waals surface area contributed by atoms with E-state index in [2.05, 4.69) is 10.3 Å². The van der Waals surface area contributed by atoms with Crippen LogP contribution in [0.15, 0.2) is 71.9 Å². The van der Waals surface area contributed by atoms with E-state index in [4.69, 9.17) is 9.47 Å². The zero-order valence-electron chi connectivity index (χ0n) is 19.2. The number of benzene rings is 2. The van der Waals surface area contributed by atoms with Crippen molar-refractivity contribution in [1.82, 2.24) is 9.29 Å². The number of piperidine rings is 1. The number of carbonyl (C=O) groups excluding carboxylic acids is 1. The molecule has 2 aromatic carbocycles. The summed E-state index contributed by atoms with van der Waals surface area (Å²) in [7, 11) is -2.42. The normalized spacial score (nSPS) is 14.9. The molecule has 184 valence electrons. The number of aromatic nitrogens is 1. The molecule has 1 amide bonds. The Morgan fingerprint density at radius 1 is 1.11 bits per heavy atom. The Balaban J connectivity index is 1.37. The molecule has 0 bridgehead atoms. The first-order valence-corrected chi connectivity index (χ1v) is 12.6. The van der Waals surface area contributed by atoms with Crippen LogP contribution in [0.1, 0.15) is 18.4 Å². The highest BCUT2D eigenvalue weighted by molar-refractivity contribution is 7.89. The molecule has 0 aliphatic carbocycles. The SMILES string of the molecule is COc1ccc(NC(=O)C2CCN(S(=O)(=O)c3ccccc3F)CC2)cc1OCc1cccnc1. The first-order chi connectivity index (χ1) is 16.9. The summed E-state index contributed by atoms with van der Waals surface area (Å²) in [6.45, 7) is 0.560. The van der Waals surface area contributed by atoms with Crippen molar-refractivity contribution in [1.29, 1.82) is 0 Å². The lowest BCUT2D eigenvalue weighted by molar-refractivity contribution is -0.120. The zero-order valence-corrected chi connectivity index (χ0v) is 20.0. The fourth-order valence-electron chi connectivity index (χ4n) is 3.91. The van der Waals surface area contributed by atoms with E-state index in [-0.39, 0.29) is 36.4 Å². The van der Waals surface area contributed by atoms with Crippen LogP contribution in [0.5, 0.6) is 11.5 Å². The Morgan fingerprint density at radius 3 is 2.57 bits per heavy atom. The van der Waals surface area contributed by atoms with Gasteiger partial charge in [0.2, 0.25) is 15.9 Å². The Labute approximate surface area is 203 Å². The average Bonchev–Trinajstić information content (AvgIpc) is 2.88. The second-order valence-electron chi connectivity index (χ2n) is 8.11. The fourth-order valence-corrected chi connectivity index (χ4v) is 5.44. The quantitative estimate of drug-likeness (QED) is 0.506. The van der Waals surface area contributed by atoms with Crippen molar-refractivity contribution in [2.45, 2.75) is 24.3 Å². The summed E-state index contributed by atoms with van der Waals surface area (Å²) in [6.07, 6.45) is 4.05. The van der Waals surface area contributed by atoms with Crippen LogP contribution < -0.4 is 14.8 Å². The third-order valence-electron chi connectivity index (χ3n) is 5.83. The van der Waals surface area contributed by atoms with E-state index < -0.39 is 15.8 Å². The van der Waals surface area contributed by atoms with Crippen LogP contribution in [0.4, 0.5) is 10.1 Å². The molecule has 0 saturated carbocycles. The summed E-state index contributed by atoms with van der Waals surface area (Å²) in [4.78, 5) is 16.6. The van der Waals surface area contributed by atoms with Crippen molar-refractivity contribution in [3.63, 3.8) is 0 Å². The topological polar surface area (TPSA) is 97.8 Å². The number of pyridine rings is 1. The summed E-state index contributed by atoms with van der Waals surface area (Å²) in [6, 6.07) is 14.1. The minimum Gasteiger partial charge on any atom is -0.493 e. The maximum absolute atomic E-state index is 14.0. The maximum Gasteiger partial charge on any atom is 0.245 e. The monoisotopic (exact) mass is 499 g/mol. The molecule has 1 aliphatic rings. The van der Waals surface area contributed by atoms with Crippen LogP contribution in [-0.2, 0) is 21.4 Å². The van der Waals surface area contributed by atoms with Gasteiger partial charge >= 0.3 is 0 Å². The molecule has 0 radical (unpaired) electrons. The van der Waals surface area contributed by atoms with E-state index >= 15 is 0 Å². The van der Waals surface area contributed by atoms with Gasteiger partial charge < -0.3 is 14.8 Å². The van der Waals surface area contributed by atoms with E-state index in [9.17, 15) is 17.6 Å². The summed E-state index contributed by atoms with van der Waals surface area (Å²) in [5, 5.41) is 2.88. The fraction of sp³-hybridized carbons (Fsp3) is 0.280. The average molecular weight is 500 g/mol. The number of carbonyl (C=O) groups is 1. The Morgan fingerprint density at radius 2 is 1.89 bits per heavy atom. The number of sulfonamides is 1. The van der Waals surface area contributed by atoms with Crippen molar-refractivity contribution in [2.75, 3.05) is 25.5 Å². The highest BCUT2D eigenvalue weighted by atomic mass is 32.2. The standard InChI is InChI=1S/C25H26FN3O5S/c1-33-22-9-8-20(15-23(22)34-17-18-5-4-12-27-16-18)28-25(30)19-10-13-29(14-11-19)35(31,32)24-7-3-2-6-21(24)26/h2-9,12,15-16,19H,10-11,13-14,17H2,1H3,(H,28,30). The number of amides is 1. The molecule has 1 aromatic heterocycles. The number of nitrogens with zero attached hydrogens (tertiary/aromatic N) is 2. The summed E-state index contributed by atoms with van der Waals surface area (Å²) in [5.74, 6) is -0.368. The number of anilines is 1. The van der Waals surface area contributed by atoms with Gasteiger partial charge in [0.15, 0.2) is 11.5 Å². The Bertz CT molecular complexity index is 1280. The van der Waals surface area contributed by atoms with Gasteiger partial charge in [-0.1, -0.05) is 18.2 Å². The molecule has 0 unspecified atom stereocenters. The lowest BCUT2D eigenvalue weighted by atomic mass is 9.97. The molecule has 4 rings (SSSR count). The van der Waals surface area contributed by atoms with Crippen molar-refractivity contribution in [2.24, 2.45) is 5.92 Å². The molecule has 1 N–H and O–H groups in total. The largest absolute Gasteiger partial charge is 0.493 e. The number of nitrogens with one attached hydrogen (secondary N) is 1. The second-order valence-corrected chi connectivity index (χ2v) is 10.0. The second kappa shape index (κ2) is 10.8. The first kappa shape index (κ1) is 24.6. The van der Waals surface area contributed by atoms with Gasteiger partial charge in [0, 0.05) is 48.7 Å². The van der Waals surface area contributed by atoms with E-state index in [0.717, 1.165) is 11.6 Å². The summed E-state index contributed by atoms with van der Waals surface area (Å²) >= 11 is 0. The molecule has 1 aliphatic heterocycles. The van der Waals surface area contributed by atoms with E-state index in [0.29, 0.717) is 30.0 Å². The molecule has 1 fully saturated rings. The molecule has 10 heteroatoms. The lowest BCUT2D eigenvalue weighted by Crippen LogP contribution is -2.41. The highest BCUT2D eigenvalue weighted by Crippen LogP contribution is 2.32. The maximum atomic E-state index is 14.0. The molecule has 3 aromatic rings. The highest BCUT2D eigenvalue weighted by Gasteiger charge is 2.33. The molecule has 35 heavy (non-hydrogen) atoms. The predicted octanol–water partition coefficient (Wildman–Crippen LogP) is 3.85. The number of methoxy groups -OCH3 is 1. The van der Waals surface area contributed by atoms with Gasteiger partial charge in [0.25, 0.3) is 0 Å². The zero-order chi connectivity index (χ0) is 24.8. The molecule has 8 nitrogen and oxygen atoms in total. The van der Waals surface area contributed by atoms with Crippen LogP contribution in [0, 0.1) is 11.7 Å². The number of hydrogen-bond donors (Lipinski definition) is 1. The minimum absolute atomic E-state index is 0.136. The Hall–Kier alpha value is -3.50. The minimum atomic E-state index is -3.95. The third-order valence-corrected chi connectivity index (χ3v) is 7.76. The van der Waals surface area contributed by atoms with Crippen LogP contribution in [0.3, 0.4) is 0 Å². The van der Waals surface area contributed by atoms with Gasteiger partial charge in [-0.2, -0.15) is 4.31 Å². The van der Waals surface area contributed by atoms with Crippen molar-refractivity contribution in [3.05, 3.63) is 78.4 Å². The van der Waals surface area contributed by atoms with Gasteiger partial charge in [-0.3, -0.25) is 9.78 Å². The van der Waals surface area contributed by atoms with Crippen LogP contribution >= 0.6 is 0 Å². The third kappa shape index (κ3) is 5.77. The van der Waals surface area contributed by atoms with Crippen molar-refractivity contribution in [3.8, 4) is 11.5 Å². The molecule has 0 atom stereocenters. The lowest BCUT2D eigenvalue weighted by Gasteiger charge is -2.30. The van der Waals surface area contributed by atoms with Crippen LogP contribution in [0.25, 0.3) is 0 Å². The summed E-state index contributed by atoms with van der Waals surface area (Å²) < 4.78 is 52.1.